The van der Waals surface area contributed by atoms with Gasteiger partial charge in [-0.1, -0.05) is 22.0 Å². The van der Waals surface area contributed by atoms with E-state index in [4.69, 9.17) is 4.74 Å². The van der Waals surface area contributed by atoms with Crippen LogP contribution in [0.3, 0.4) is 0 Å². The van der Waals surface area contributed by atoms with Gasteiger partial charge in [-0.05, 0) is 23.6 Å². The lowest BCUT2D eigenvalue weighted by atomic mass is 10.2. The number of thiophene rings is 1. The average Bonchev–Trinajstić information content (AvgIpc) is 2.81. The van der Waals surface area contributed by atoms with Crippen molar-refractivity contribution in [3.05, 3.63) is 35.0 Å². The molecule has 1 amide bonds. The van der Waals surface area contributed by atoms with Crippen molar-refractivity contribution in [1.82, 2.24) is 5.32 Å². The molecule has 102 valence electrons. The molecule has 1 atom stereocenters. The van der Waals surface area contributed by atoms with E-state index in [-0.39, 0.29) is 17.8 Å². The number of carbonyl (C=O) groups excluding carboxylic acids is 1. The van der Waals surface area contributed by atoms with Crippen LogP contribution in [0.5, 0.6) is 0 Å². The Labute approximate surface area is 122 Å². The molecule has 1 aromatic heterocycles. The van der Waals surface area contributed by atoms with Gasteiger partial charge >= 0.3 is 0 Å². The van der Waals surface area contributed by atoms with E-state index in [2.05, 4.69) is 21.2 Å². The van der Waals surface area contributed by atoms with Gasteiger partial charge in [0.05, 0.1) is 17.5 Å². The number of hydrogen-bond acceptors (Lipinski definition) is 3. The maximum Gasteiger partial charge on any atom is 0.261 e. The summed E-state index contributed by atoms with van der Waals surface area (Å²) in [4.78, 5) is 12.6. The predicted molar refractivity (Wildman–Crippen MR) is 78.7 cm³/mol. The third-order valence-corrected chi connectivity index (χ3v) is 4.47. The summed E-state index contributed by atoms with van der Waals surface area (Å²) >= 11 is 4.60. The van der Waals surface area contributed by atoms with Crippen LogP contribution in [0.15, 0.2) is 24.3 Å². The van der Waals surface area contributed by atoms with Crippen LogP contribution < -0.4 is 5.32 Å². The van der Waals surface area contributed by atoms with Crippen LogP contribution in [0, 0.1) is 5.82 Å². The van der Waals surface area contributed by atoms with Crippen LogP contribution in [0.25, 0.3) is 10.1 Å². The van der Waals surface area contributed by atoms with E-state index in [9.17, 15) is 9.18 Å². The van der Waals surface area contributed by atoms with Gasteiger partial charge in [0.1, 0.15) is 5.82 Å². The summed E-state index contributed by atoms with van der Waals surface area (Å²) in [5, 5.41) is 4.36. The van der Waals surface area contributed by atoms with E-state index in [1.165, 1.54) is 23.5 Å². The Balaban J connectivity index is 2.17. The number of alkyl halides is 1. The molecule has 0 fully saturated rings. The van der Waals surface area contributed by atoms with Crippen LogP contribution in [0.2, 0.25) is 0 Å². The smallest absolute Gasteiger partial charge is 0.261 e. The second-order valence-corrected chi connectivity index (χ2v) is 5.80. The van der Waals surface area contributed by atoms with Crippen molar-refractivity contribution in [1.29, 1.82) is 0 Å². The predicted octanol–water partition coefficient (Wildman–Crippen LogP) is 3.18. The lowest BCUT2D eigenvalue weighted by Crippen LogP contribution is -2.38. The van der Waals surface area contributed by atoms with Gasteiger partial charge in [-0.3, -0.25) is 4.79 Å². The van der Waals surface area contributed by atoms with Gasteiger partial charge < -0.3 is 10.1 Å². The number of methoxy groups -OCH3 is 1. The molecule has 1 heterocycles. The van der Waals surface area contributed by atoms with Crippen molar-refractivity contribution < 1.29 is 13.9 Å². The van der Waals surface area contributed by atoms with Crippen molar-refractivity contribution in [3.8, 4) is 0 Å². The van der Waals surface area contributed by atoms with Crippen LogP contribution in [-0.2, 0) is 4.74 Å². The fraction of sp³-hybridized carbons (Fsp3) is 0.308. The maximum atomic E-state index is 13.1. The number of carbonyl (C=O) groups is 1. The molecule has 0 aliphatic carbocycles. The Kier molecular flexibility index (Phi) is 4.90. The second-order valence-electron chi connectivity index (χ2n) is 4.07. The number of benzene rings is 1. The number of fused-ring (bicyclic) bond motifs is 1. The van der Waals surface area contributed by atoms with E-state index in [1.807, 2.05) is 0 Å². The number of halogens is 2. The van der Waals surface area contributed by atoms with Crippen LogP contribution in [0.4, 0.5) is 4.39 Å². The Hall–Kier alpha value is -0.980. The Bertz CT molecular complexity index is 587. The molecule has 6 heteroatoms. The standard InChI is InChI=1S/C13H13BrFNO2S/c1-18-7-10(6-14)16-13(17)12-4-8-2-3-9(15)5-11(8)19-12/h2-5,10H,6-7H2,1H3,(H,16,17). The highest BCUT2D eigenvalue weighted by molar-refractivity contribution is 9.09. The van der Waals surface area contributed by atoms with Gasteiger partial charge in [-0.2, -0.15) is 0 Å². The van der Waals surface area contributed by atoms with Crippen molar-refractivity contribution in [3.63, 3.8) is 0 Å². The van der Waals surface area contributed by atoms with E-state index in [0.717, 1.165) is 10.1 Å². The van der Waals surface area contributed by atoms with Gasteiger partial charge in [0, 0.05) is 17.1 Å². The minimum absolute atomic E-state index is 0.0838. The third kappa shape index (κ3) is 3.52. The molecule has 0 aliphatic heterocycles. The van der Waals surface area contributed by atoms with Gasteiger partial charge in [0.25, 0.3) is 5.91 Å². The Morgan fingerprint density at radius 3 is 3.00 bits per heavy atom. The van der Waals surface area contributed by atoms with Crippen LogP contribution in [-0.4, -0.2) is 31.0 Å². The molecule has 0 saturated heterocycles. The first-order chi connectivity index (χ1) is 9.13. The summed E-state index contributed by atoms with van der Waals surface area (Å²) in [6.45, 7) is 0.441. The Morgan fingerprint density at radius 2 is 2.32 bits per heavy atom. The Morgan fingerprint density at radius 1 is 1.53 bits per heavy atom. The molecular formula is C13H13BrFNO2S. The number of amides is 1. The molecule has 0 radical (unpaired) electrons. The van der Waals surface area contributed by atoms with E-state index >= 15 is 0 Å². The number of hydrogen-bond donors (Lipinski definition) is 1. The molecule has 0 bridgehead atoms. The fourth-order valence-electron chi connectivity index (χ4n) is 1.70. The maximum absolute atomic E-state index is 13.1. The summed E-state index contributed by atoms with van der Waals surface area (Å²) in [6, 6.07) is 6.19. The first-order valence-electron chi connectivity index (χ1n) is 5.69. The monoisotopic (exact) mass is 345 g/mol. The molecule has 0 saturated carbocycles. The van der Waals surface area contributed by atoms with Gasteiger partial charge in [0.2, 0.25) is 0 Å². The summed E-state index contributed by atoms with van der Waals surface area (Å²) in [5.41, 5.74) is 0. The topological polar surface area (TPSA) is 38.3 Å². The molecule has 2 rings (SSSR count). The lowest BCUT2D eigenvalue weighted by Gasteiger charge is -2.14. The van der Waals surface area contributed by atoms with Crippen LogP contribution >= 0.6 is 27.3 Å². The molecule has 0 spiro atoms. The molecule has 0 aliphatic rings. The van der Waals surface area contributed by atoms with Crippen LogP contribution in [0.1, 0.15) is 9.67 Å². The van der Waals surface area contributed by atoms with Crippen molar-refractivity contribution in [2.24, 2.45) is 0 Å². The van der Waals surface area contributed by atoms with Crippen molar-refractivity contribution >= 4 is 43.3 Å². The molecule has 3 nitrogen and oxygen atoms in total. The van der Waals surface area contributed by atoms with E-state index in [1.54, 1.807) is 19.2 Å². The number of rotatable bonds is 5. The lowest BCUT2D eigenvalue weighted by molar-refractivity contribution is 0.0912. The minimum Gasteiger partial charge on any atom is -0.383 e. The zero-order valence-corrected chi connectivity index (χ0v) is 12.7. The van der Waals surface area contributed by atoms with E-state index in [0.29, 0.717) is 16.8 Å². The number of ether oxygens (including phenoxy) is 1. The van der Waals surface area contributed by atoms with Gasteiger partial charge in [0.15, 0.2) is 0 Å². The summed E-state index contributed by atoms with van der Waals surface area (Å²) in [6.07, 6.45) is 0. The normalized spacial score (nSPS) is 12.6. The zero-order chi connectivity index (χ0) is 13.8. The fourth-order valence-corrected chi connectivity index (χ4v) is 3.04. The van der Waals surface area contributed by atoms with E-state index < -0.39 is 0 Å². The molecule has 2 aromatic rings. The summed E-state index contributed by atoms with van der Waals surface area (Å²) in [7, 11) is 1.59. The molecule has 1 N–H and O–H groups in total. The largest absolute Gasteiger partial charge is 0.383 e. The SMILES string of the molecule is COCC(CBr)NC(=O)c1cc2ccc(F)cc2s1. The third-order valence-electron chi connectivity index (χ3n) is 2.60. The summed E-state index contributed by atoms with van der Waals surface area (Å²) in [5.74, 6) is -0.456. The second kappa shape index (κ2) is 6.45. The zero-order valence-electron chi connectivity index (χ0n) is 10.3. The molecule has 19 heavy (non-hydrogen) atoms. The van der Waals surface area contributed by atoms with Gasteiger partial charge in [-0.15, -0.1) is 11.3 Å². The highest BCUT2D eigenvalue weighted by Crippen LogP contribution is 2.26. The minimum atomic E-state index is -0.293. The molecular weight excluding hydrogens is 333 g/mol. The van der Waals surface area contributed by atoms with Crippen molar-refractivity contribution in [2.45, 2.75) is 6.04 Å². The first kappa shape index (κ1) is 14.4. The first-order valence-corrected chi connectivity index (χ1v) is 7.62. The van der Waals surface area contributed by atoms with Gasteiger partial charge in [-0.25, -0.2) is 4.39 Å². The van der Waals surface area contributed by atoms with Crippen molar-refractivity contribution in [2.75, 3.05) is 19.0 Å². The molecule has 1 aromatic carbocycles. The summed E-state index contributed by atoms with van der Waals surface area (Å²) < 4.78 is 18.9. The quantitative estimate of drug-likeness (QED) is 0.845. The highest BCUT2D eigenvalue weighted by Gasteiger charge is 2.15. The average molecular weight is 346 g/mol. The highest BCUT2D eigenvalue weighted by atomic mass is 79.9. The molecule has 1 unspecified atom stereocenters. The number of nitrogens with one attached hydrogen (secondary N) is 1.